The number of methoxy groups -OCH3 is 1. The molecule has 9 nitrogen and oxygen atoms in total. The monoisotopic (exact) mass is 486 g/mol. The molecule has 3 aliphatic rings. The number of likely N-dealkylation sites (tertiary alicyclic amines) is 1. The summed E-state index contributed by atoms with van der Waals surface area (Å²) in [4.78, 5) is 26.9. The van der Waals surface area contributed by atoms with Gasteiger partial charge in [0.15, 0.2) is 11.5 Å². The number of imide groups is 1. The van der Waals surface area contributed by atoms with Crippen molar-refractivity contribution >= 4 is 27.5 Å². The van der Waals surface area contributed by atoms with E-state index < -0.39 is 10.0 Å². The number of hydrogen-bond donors (Lipinski definition) is 1. The lowest BCUT2D eigenvalue weighted by Crippen LogP contribution is -2.30. The second-order valence-corrected chi connectivity index (χ2v) is 10.4. The third kappa shape index (κ3) is 4.06. The smallest absolute Gasteiger partial charge is 0.265 e. The molecule has 1 saturated heterocycles. The van der Waals surface area contributed by atoms with Crippen molar-refractivity contribution < 1.29 is 32.2 Å². The summed E-state index contributed by atoms with van der Waals surface area (Å²) >= 11 is 0. The summed E-state index contributed by atoms with van der Waals surface area (Å²) in [5, 5.41) is 0. The Morgan fingerprint density at radius 2 is 1.65 bits per heavy atom. The summed E-state index contributed by atoms with van der Waals surface area (Å²) in [5.41, 5.74) is 0.842. The van der Waals surface area contributed by atoms with Crippen LogP contribution in [0, 0.1) is 11.8 Å². The molecule has 34 heavy (non-hydrogen) atoms. The number of benzene rings is 2. The van der Waals surface area contributed by atoms with E-state index in [9.17, 15) is 18.0 Å². The van der Waals surface area contributed by atoms with Gasteiger partial charge in [0.2, 0.25) is 11.8 Å². The van der Waals surface area contributed by atoms with Crippen LogP contribution in [0.2, 0.25) is 0 Å². The largest absolute Gasteiger partial charge is 0.495 e. The molecular formula is C24H26N2O7S. The Kier molecular flexibility index (Phi) is 5.85. The van der Waals surface area contributed by atoms with Crippen molar-refractivity contribution in [3.63, 3.8) is 0 Å². The van der Waals surface area contributed by atoms with E-state index in [-0.39, 0.29) is 40.8 Å². The van der Waals surface area contributed by atoms with Gasteiger partial charge in [-0.3, -0.25) is 19.2 Å². The number of nitrogens with one attached hydrogen (secondary N) is 1. The predicted octanol–water partition coefficient (Wildman–Crippen LogP) is 2.94. The Morgan fingerprint density at radius 3 is 2.32 bits per heavy atom. The minimum Gasteiger partial charge on any atom is -0.495 e. The lowest BCUT2D eigenvalue weighted by molar-refractivity contribution is -0.140. The fraction of sp³-hybridized carbons (Fsp3) is 0.417. The molecule has 5 rings (SSSR count). The fourth-order valence-electron chi connectivity index (χ4n) is 4.92. The van der Waals surface area contributed by atoms with Gasteiger partial charge in [0, 0.05) is 6.07 Å². The van der Waals surface area contributed by atoms with Gasteiger partial charge in [-0.1, -0.05) is 18.9 Å². The molecule has 2 aromatic carbocycles. The third-order valence-electron chi connectivity index (χ3n) is 6.59. The standard InChI is InChI=1S/C24H26N2O7S/c1-31-20-8-6-15(14-26-23(27)17-4-2-3-5-18(17)24(26)28)12-22(20)34(29,30)25-16-7-9-19-21(13-16)33-11-10-32-19/h6-9,12-13,17-18,25H,2-5,10-11,14H2,1H3/t17-,18-/m1/s1. The van der Waals surface area contributed by atoms with Gasteiger partial charge in [0.1, 0.15) is 23.9 Å². The van der Waals surface area contributed by atoms with Crippen molar-refractivity contribution in [3.05, 3.63) is 42.0 Å². The molecule has 2 atom stereocenters. The molecule has 2 fully saturated rings. The van der Waals surface area contributed by atoms with Gasteiger partial charge in [-0.15, -0.1) is 0 Å². The maximum Gasteiger partial charge on any atom is 0.265 e. The average Bonchev–Trinajstić information content (AvgIpc) is 3.08. The molecule has 0 spiro atoms. The molecule has 0 bridgehead atoms. The van der Waals surface area contributed by atoms with Gasteiger partial charge < -0.3 is 14.2 Å². The second kappa shape index (κ2) is 8.83. The molecule has 0 unspecified atom stereocenters. The zero-order chi connectivity index (χ0) is 23.9. The van der Waals surface area contributed by atoms with Crippen molar-refractivity contribution in [2.45, 2.75) is 37.1 Å². The fourth-order valence-corrected chi connectivity index (χ4v) is 6.19. The zero-order valence-corrected chi connectivity index (χ0v) is 19.6. The lowest BCUT2D eigenvalue weighted by Gasteiger charge is -2.20. The summed E-state index contributed by atoms with van der Waals surface area (Å²) in [5.74, 6) is 0.336. The number of sulfonamides is 1. The molecule has 2 heterocycles. The van der Waals surface area contributed by atoms with Crippen LogP contribution in [0.15, 0.2) is 41.3 Å². The number of ether oxygens (including phenoxy) is 3. The first-order valence-electron chi connectivity index (χ1n) is 11.3. The van der Waals surface area contributed by atoms with Crippen LogP contribution in [0.5, 0.6) is 17.2 Å². The normalized spacial score (nSPS) is 21.9. The number of rotatable bonds is 6. The van der Waals surface area contributed by atoms with E-state index in [1.807, 2.05) is 0 Å². The third-order valence-corrected chi connectivity index (χ3v) is 7.99. The van der Waals surface area contributed by atoms with E-state index >= 15 is 0 Å². The van der Waals surface area contributed by atoms with E-state index in [0.717, 1.165) is 25.7 Å². The topological polar surface area (TPSA) is 111 Å². The van der Waals surface area contributed by atoms with Gasteiger partial charge in [-0.2, -0.15) is 0 Å². The van der Waals surface area contributed by atoms with Crippen LogP contribution in [0.25, 0.3) is 0 Å². The summed E-state index contributed by atoms with van der Waals surface area (Å²) in [6.45, 7) is 0.849. The average molecular weight is 487 g/mol. The molecule has 2 amide bonds. The Balaban J connectivity index is 1.40. The van der Waals surface area contributed by atoms with Gasteiger partial charge in [-0.25, -0.2) is 8.42 Å². The highest BCUT2D eigenvalue weighted by Crippen LogP contribution is 2.39. The molecule has 2 aromatic rings. The molecule has 180 valence electrons. The Hall–Kier alpha value is -3.27. The van der Waals surface area contributed by atoms with Crippen LogP contribution in [-0.4, -0.2) is 45.5 Å². The highest BCUT2D eigenvalue weighted by atomic mass is 32.2. The Labute approximate surface area is 198 Å². The lowest BCUT2D eigenvalue weighted by atomic mass is 9.81. The van der Waals surface area contributed by atoms with Crippen molar-refractivity contribution in [1.29, 1.82) is 0 Å². The van der Waals surface area contributed by atoms with E-state index in [4.69, 9.17) is 14.2 Å². The maximum atomic E-state index is 13.3. The van der Waals surface area contributed by atoms with Crippen molar-refractivity contribution in [1.82, 2.24) is 4.90 Å². The molecule has 0 aromatic heterocycles. The molecule has 1 aliphatic carbocycles. The Morgan fingerprint density at radius 1 is 0.971 bits per heavy atom. The number of nitrogens with zero attached hydrogens (tertiary/aromatic N) is 1. The number of carbonyl (C=O) groups excluding carboxylic acids is 2. The van der Waals surface area contributed by atoms with Gasteiger partial charge in [0.05, 0.1) is 31.2 Å². The number of hydrogen-bond acceptors (Lipinski definition) is 7. The van der Waals surface area contributed by atoms with Crippen LogP contribution in [0.3, 0.4) is 0 Å². The van der Waals surface area contributed by atoms with Crippen LogP contribution in [-0.2, 0) is 26.2 Å². The molecule has 10 heteroatoms. The quantitative estimate of drug-likeness (QED) is 0.625. The van der Waals surface area contributed by atoms with Gasteiger partial charge in [-0.05, 0) is 42.7 Å². The van der Waals surface area contributed by atoms with Crippen molar-refractivity contribution in [3.8, 4) is 17.2 Å². The SMILES string of the molecule is COc1ccc(CN2C(=O)[C@@H]3CCCC[C@H]3C2=O)cc1S(=O)(=O)Nc1ccc2c(c1)OCCO2. The van der Waals surface area contributed by atoms with Gasteiger partial charge >= 0.3 is 0 Å². The van der Waals surface area contributed by atoms with E-state index in [1.165, 1.54) is 24.1 Å². The number of fused-ring (bicyclic) bond motifs is 2. The summed E-state index contributed by atoms with van der Waals surface area (Å²) in [6.07, 6.45) is 3.36. The summed E-state index contributed by atoms with van der Waals surface area (Å²) in [6, 6.07) is 9.44. The number of amides is 2. The molecule has 2 aliphatic heterocycles. The zero-order valence-electron chi connectivity index (χ0n) is 18.8. The maximum absolute atomic E-state index is 13.3. The Bertz CT molecular complexity index is 1220. The molecular weight excluding hydrogens is 460 g/mol. The van der Waals surface area contributed by atoms with E-state index in [2.05, 4.69) is 4.72 Å². The molecule has 1 saturated carbocycles. The minimum absolute atomic E-state index is 0.0290. The summed E-state index contributed by atoms with van der Waals surface area (Å²) in [7, 11) is -2.66. The van der Waals surface area contributed by atoms with E-state index in [0.29, 0.717) is 36.0 Å². The van der Waals surface area contributed by atoms with E-state index in [1.54, 1.807) is 24.3 Å². The highest BCUT2D eigenvalue weighted by Gasteiger charge is 2.47. The number of anilines is 1. The van der Waals surface area contributed by atoms with Crippen LogP contribution in [0.4, 0.5) is 5.69 Å². The highest BCUT2D eigenvalue weighted by molar-refractivity contribution is 7.92. The first-order valence-corrected chi connectivity index (χ1v) is 12.8. The van der Waals surface area contributed by atoms with Crippen LogP contribution in [0.1, 0.15) is 31.2 Å². The minimum atomic E-state index is -4.05. The van der Waals surface area contributed by atoms with Crippen molar-refractivity contribution in [2.24, 2.45) is 11.8 Å². The summed E-state index contributed by atoms with van der Waals surface area (Å²) < 4.78 is 45.4. The van der Waals surface area contributed by atoms with Gasteiger partial charge in [0.25, 0.3) is 10.0 Å². The molecule has 1 N–H and O–H groups in total. The first-order chi connectivity index (χ1) is 16.4. The molecule has 0 radical (unpaired) electrons. The predicted molar refractivity (Wildman–Crippen MR) is 122 cm³/mol. The second-order valence-electron chi connectivity index (χ2n) is 8.71. The first kappa shape index (κ1) is 22.5. The van der Waals surface area contributed by atoms with Crippen LogP contribution < -0.4 is 18.9 Å². The number of carbonyl (C=O) groups is 2. The van der Waals surface area contributed by atoms with Crippen LogP contribution >= 0.6 is 0 Å². The van der Waals surface area contributed by atoms with Crippen molar-refractivity contribution in [2.75, 3.05) is 25.0 Å².